The first-order valence-corrected chi connectivity index (χ1v) is 6.44. The number of anilines is 2. The Kier molecular flexibility index (Phi) is 4.12. The van der Waals surface area contributed by atoms with Crippen molar-refractivity contribution in [2.45, 2.75) is 13.8 Å². The molecule has 0 saturated carbocycles. The van der Waals surface area contributed by atoms with Crippen molar-refractivity contribution >= 4 is 17.3 Å². The molecule has 0 bridgehead atoms. The minimum Gasteiger partial charge on any atom is -0.497 e. The number of nitrogens with one attached hydrogen (secondary N) is 1. The van der Waals surface area contributed by atoms with E-state index in [2.05, 4.69) is 5.32 Å². The van der Waals surface area contributed by atoms with Crippen LogP contribution < -0.4 is 15.8 Å². The molecule has 2 aromatic carbocycles. The highest BCUT2D eigenvalue weighted by Gasteiger charge is 2.14. The largest absolute Gasteiger partial charge is 0.497 e. The number of carbonyl (C=O) groups excluding carboxylic acids is 1. The third kappa shape index (κ3) is 3.13. The van der Waals surface area contributed by atoms with Gasteiger partial charge < -0.3 is 15.8 Å². The van der Waals surface area contributed by atoms with Crippen molar-refractivity contribution in [3.63, 3.8) is 0 Å². The fourth-order valence-corrected chi connectivity index (χ4v) is 2.03. The molecule has 2 aromatic rings. The summed E-state index contributed by atoms with van der Waals surface area (Å²) in [7, 11) is 1.48. The van der Waals surface area contributed by atoms with Crippen LogP contribution >= 0.6 is 0 Å². The summed E-state index contributed by atoms with van der Waals surface area (Å²) in [5, 5.41) is 2.54. The minimum atomic E-state index is -0.526. The summed E-state index contributed by atoms with van der Waals surface area (Å²) in [5.41, 5.74) is 8.51. The smallest absolute Gasteiger partial charge is 0.256 e. The highest BCUT2D eigenvalue weighted by Crippen LogP contribution is 2.23. The van der Waals surface area contributed by atoms with Crippen molar-refractivity contribution in [3.05, 3.63) is 52.8 Å². The first-order valence-electron chi connectivity index (χ1n) is 6.44. The lowest BCUT2D eigenvalue weighted by molar-refractivity contribution is 0.102. The van der Waals surface area contributed by atoms with Gasteiger partial charge in [-0.2, -0.15) is 0 Å². The van der Waals surface area contributed by atoms with E-state index in [0.717, 1.165) is 11.1 Å². The minimum absolute atomic E-state index is 0.0675. The Morgan fingerprint density at radius 2 is 1.90 bits per heavy atom. The number of amides is 1. The van der Waals surface area contributed by atoms with Gasteiger partial charge in [0.1, 0.15) is 11.6 Å². The molecule has 3 N–H and O–H groups in total. The van der Waals surface area contributed by atoms with Crippen molar-refractivity contribution in [1.82, 2.24) is 0 Å². The highest BCUT2D eigenvalue weighted by molar-refractivity contribution is 6.06. The summed E-state index contributed by atoms with van der Waals surface area (Å²) < 4.78 is 18.7. The van der Waals surface area contributed by atoms with Gasteiger partial charge in [0.25, 0.3) is 5.91 Å². The number of halogens is 1. The molecule has 5 heteroatoms. The van der Waals surface area contributed by atoms with Crippen LogP contribution in [0.15, 0.2) is 30.3 Å². The number of hydrogen-bond acceptors (Lipinski definition) is 3. The monoisotopic (exact) mass is 288 g/mol. The normalized spacial score (nSPS) is 10.3. The number of nitrogens with two attached hydrogens (primary N) is 1. The zero-order valence-electron chi connectivity index (χ0n) is 12.2. The van der Waals surface area contributed by atoms with Crippen molar-refractivity contribution in [2.75, 3.05) is 18.2 Å². The third-order valence-electron chi connectivity index (χ3n) is 3.28. The number of methoxy groups -OCH3 is 1. The fourth-order valence-electron chi connectivity index (χ4n) is 2.03. The van der Waals surface area contributed by atoms with Crippen LogP contribution in [0.25, 0.3) is 0 Å². The van der Waals surface area contributed by atoms with Gasteiger partial charge in [-0.3, -0.25) is 4.79 Å². The van der Waals surface area contributed by atoms with Crippen LogP contribution in [0.5, 0.6) is 5.75 Å². The van der Waals surface area contributed by atoms with Gasteiger partial charge in [-0.15, -0.1) is 0 Å². The first kappa shape index (κ1) is 14.8. The molecule has 21 heavy (non-hydrogen) atoms. The van der Waals surface area contributed by atoms with E-state index >= 15 is 0 Å². The Morgan fingerprint density at radius 1 is 1.19 bits per heavy atom. The molecule has 0 aliphatic carbocycles. The summed E-state index contributed by atoms with van der Waals surface area (Å²) in [6.45, 7) is 3.68. The standard InChI is InChI=1S/C16H17FN2O2/c1-9-6-10(2)14(18)8-12(9)16(20)19-15-7-11(21-3)4-5-13(15)17/h4-8H,18H2,1-3H3,(H,19,20). The van der Waals surface area contributed by atoms with Gasteiger partial charge in [0.2, 0.25) is 0 Å². The first-order chi connectivity index (χ1) is 9.92. The van der Waals surface area contributed by atoms with Gasteiger partial charge in [-0.05, 0) is 43.2 Å². The van der Waals surface area contributed by atoms with E-state index in [1.54, 1.807) is 6.07 Å². The number of rotatable bonds is 3. The molecule has 0 aliphatic rings. The molecule has 0 saturated heterocycles. The van der Waals surface area contributed by atoms with E-state index in [1.165, 1.54) is 25.3 Å². The van der Waals surface area contributed by atoms with Crippen molar-refractivity contribution in [1.29, 1.82) is 0 Å². The zero-order valence-corrected chi connectivity index (χ0v) is 12.2. The van der Waals surface area contributed by atoms with Crippen LogP contribution in [-0.4, -0.2) is 13.0 Å². The third-order valence-corrected chi connectivity index (χ3v) is 3.28. The van der Waals surface area contributed by atoms with Crippen molar-refractivity contribution in [2.24, 2.45) is 0 Å². The number of hydrogen-bond donors (Lipinski definition) is 2. The Morgan fingerprint density at radius 3 is 2.57 bits per heavy atom. The molecule has 0 spiro atoms. The van der Waals surface area contributed by atoms with E-state index in [9.17, 15) is 9.18 Å². The van der Waals surface area contributed by atoms with E-state index in [-0.39, 0.29) is 5.69 Å². The molecule has 0 aliphatic heterocycles. The van der Waals surface area contributed by atoms with Crippen LogP contribution in [0, 0.1) is 19.7 Å². The van der Waals surface area contributed by atoms with Crippen LogP contribution in [0.2, 0.25) is 0 Å². The maximum absolute atomic E-state index is 13.7. The van der Waals surface area contributed by atoms with E-state index in [0.29, 0.717) is 17.0 Å². The Labute approximate surface area is 122 Å². The number of nitrogen functional groups attached to an aromatic ring is 1. The van der Waals surface area contributed by atoms with E-state index in [4.69, 9.17) is 10.5 Å². The fraction of sp³-hybridized carbons (Fsp3) is 0.188. The Bertz CT molecular complexity index is 699. The maximum Gasteiger partial charge on any atom is 0.256 e. The van der Waals surface area contributed by atoms with Gasteiger partial charge in [-0.1, -0.05) is 6.07 Å². The van der Waals surface area contributed by atoms with Gasteiger partial charge in [-0.25, -0.2) is 4.39 Å². The summed E-state index contributed by atoms with van der Waals surface area (Å²) in [5.74, 6) is -0.472. The summed E-state index contributed by atoms with van der Waals surface area (Å²) in [4.78, 5) is 12.3. The topological polar surface area (TPSA) is 64.3 Å². The van der Waals surface area contributed by atoms with Gasteiger partial charge >= 0.3 is 0 Å². The quantitative estimate of drug-likeness (QED) is 0.852. The molecule has 0 aromatic heterocycles. The zero-order chi connectivity index (χ0) is 15.6. The Balaban J connectivity index is 2.32. The number of aryl methyl sites for hydroxylation is 2. The predicted molar refractivity (Wildman–Crippen MR) is 81.2 cm³/mol. The van der Waals surface area contributed by atoms with Gasteiger partial charge in [0.15, 0.2) is 0 Å². The van der Waals surface area contributed by atoms with Gasteiger partial charge in [0, 0.05) is 17.3 Å². The molecule has 1 amide bonds. The van der Waals surface area contributed by atoms with Gasteiger partial charge in [0.05, 0.1) is 12.8 Å². The van der Waals surface area contributed by atoms with Crippen LogP contribution in [0.4, 0.5) is 15.8 Å². The number of ether oxygens (including phenoxy) is 1. The van der Waals surface area contributed by atoms with E-state index in [1.807, 2.05) is 19.9 Å². The molecule has 2 rings (SSSR count). The molecular formula is C16H17FN2O2. The van der Waals surface area contributed by atoms with Crippen molar-refractivity contribution in [3.8, 4) is 5.75 Å². The molecule has 0 atom stereocenters. The Hall–Kier alpha value is -2.56. The summed E-state index contributed by atoms with van der Waals surface area (Å²) in [6.07, 6.45) is 0. The molecule has 0 radical (unpaired) electrons. The lowest BCUT2D eigenvalue weighted by atomic mass is 10.0. The predicted octanol–water partition coefficient (Wildman–Crippen LogP) is 3.29. The average molecular weight is 288 g/mol. The molecule has 0 fully saturated rings. The molecule has 110 valence electrons. The number of benzene rings is 2. The lowest BCUT2D eigenvalue weighted by Gasteiger charge is -2.11. The molecule has 0 heterocycles. The second kappa shape index (κ2) is 5.83. The van der Waals surface area contributed by atoms with Crippen LogP contribution in [-0.2, 0) is 0 Å². The summed E-state index contributed by atoms with van der Waals surface area (Å²) >= 11 is 0. The second-order valence-electron chi connectivity index (χ2n) is 4.82. The maximum atomic E-state index is 13.7. The van der Waals surface area contributed by atoms with E-state index < -0.39 is 11.7 Å². The summed E-state index contributed by atoms with van der Waals surface area (Å²) in [6, 6.07) is 7.58. The van der Waals surface area contributed by atoms with Crippen LogP contribution in [0.3, 0.4) is 0 Å². The number of carbonyl (C=O) groups is 1. The molecular weight excluding hydrogens is 271 g/mol. The van der Waals surface area contributed by atoms with Crippen molar-refractivity contribution < 1.29 is 13.9 Å². The highest BCUT2D eigenvalue weighted by atomic mass is 19.1. The SMILES string of the molecule is COc1ccc(F)c(NC(=O)c2cc(N)c(C)cc2C)c1. The average Bonchev–Trinajstić information content (AvgIpc) is 2.45. The lowest BCUT2D eigenvalue weighted by Crippen LogP contribution is -2.15. The second-order valence-corrected chi connectivity index (χ2v) is 4.82. The van der Waals surface area contributed by atoms with Crippen LogP contribution in [0.1, 0.15) is 21.5 Å². The molecule has 4 nitrogen and oxygen atoms in total. The molecule has 0 unspecified atom stereocenters.